The van der Waals surface area contributed by atoms with Crippen LogP contribution in [0.4, 0.5) is 13.2 Å². The fourth-order valence-electron chi connectivity index (χ4n) is 1.28. The summed E-state index contributed by atoms with van der Waals surface area (Å²) in [7, 11) is 2.56. The summed E-state index contributed by atoms with van der Waals surface area (Å²) in [5.74, 6) is -0.970. The molecule has 0 radical (unpaired) electrons. The molecule has 1 heterocycles. The predicted molar refractivity (Wildman–Crippen MR) is 77.5 cm³/mol. The summed E-state index contributed by atoms with van der Waals surface area (Å²) in [6.45, 7) is 9.34. The highest BCUT2D eigenvalue weighted by molar-refractivity contribution is 5.95. The van der Waals surface area contributed by atoms with Gasteiger partial charge < -0.3 is 9.88 Å². The Morgan fingerprint density at radius 2 is 1.57 bits per heavy atom. The molecule has 1 aromatic rings. The average molecular weight is 308 g/mol. The second kappa shape index (κ2) is 9.20. The maximum absolute atomic E-state index is 12.6. The van der Waals surface area contributed by atoms with Gasteiger partial charge in [-0.3, -0.25) is 9.59 Å². The summed E-state index contributed by atoms with van der Waals surface area (Å²) in [4.78, 5) is 26.1. The van der Waals surface area contributed by atoms with Crippen LogP contribution in [0.5, 0.6) is 0 Å². The first-order chi connectivity index (χ1) is 9.66. The fourth-order valence-corrected chi connectivity index (χ4v) is 1.28. The minimum absolute atomic E-state index is 0.0585. The van der Waals surface area contributed by atoms with E-state index in [0.717, 1.165) is 11.1 Å². The van der Waals surface area contributed by atoms with Crippen molar-refractivity contribution in [1.82, 2.24) is 9.88 Å². The van der Waals surface area contributed by atoms with E-state index in [1.807, 2.05) is 32.7 Å². The first-order valence-corrected chi connectivity index (χ1v) is 6.67. The zero-order valence-electron chi connectivity index (χ0n) is 13.5. The number of rotatable bonds is 1. The highest BCUT2D eigenvalue weighted by Gasteiger charge is 2.38. The van der Waals surface area contributed by atoms with E-state index in [9.17, 15) is 22.8 Å². The van der Waals surface area contributed by atoms with E-state index in [2.05, 4.69) is 0 Å². The molecular formula is C14H23F3N2O2. The van der Waals surface area contributed by atoms with Crippen LogP contribution in [-0.2, 0) is 6.18 Å². The van der Waals surface area contributed by atoms with Gasteiger partial charge in [0.2, 0.25) is 0 Å². The summed E-state index contributed by atoms with van der Waals surface area (Å²) < 4.78 is 37.9. The molecular weight excluding hydrogens is 285 g/mol. The number of hydrogen-bond acceptors (Lipinski definition) is 2. The zero-order chi connectivity index (χ0) is 17.4. The van der Waals surface area contributed by atoms with Gasteiger partial charge in [0.15, 0.2) is 5.43 Å². The number of halogens is 3. The molecule has 1 N–H and O–H groups in total. The van der Waals surface area contributed by atoms with E-state index in [-0.39, 0.29) is 5.56 Å². The molecule has 0 aliphatic heterocycles. The third-order valence-corrected chi connectivity index (χ3v) is 2.17. The maximum atomic E-state index is 12.6. The number of pyridine rings is 1. The number of aromatic amines is 1. The topological polar surface area (TPSA) is 53.2 Å². The summed E-state index contributed by atoms with van der Waals surface area (Å²) in [6, 6.07) is 0. The van der Waals surface area contributed by atoms with E-state index < -0.39 is 28.8 Å². The molecule has 0 spiro atoms. The standard InChI is InChI=1S/C10H11F3N2O2.2C2H6/c1-5-4-14-8(10(11,12)13)6(7(5)16)9(17)15(2)3;2*1-2/h4H,1-3H3,(H,14,16);2*1-2H3. The van der Waals surface area contributed by atoms with Crippen LogP contribution in [0.3, 0.4) is 0 Å². The summed E-state index contributed by atoms with van der Waals surface area (Å²) >= 11 is 0. The summed E-state index contributed by atoms with van der Waals surface area (Å²) in [5.41, 5.74) is -3.03. The first kappa shape index (κ1) is 21.5. The Hall–Kier alpha value is -1.79. The number of H-pyrrole nitrogens is 1. The fraction of sp³-hybridized carbons (Fsp3) is 0.571. The summed E-state index contributed by atoms with van der Waals surface area (Å²) in [6.07, 6.45) is -3.83. The smallest absolute Gasteiger partial charge is 0.357 e. The van der Waals surface area contributed by atoms with Gasteiger partial charge in [0, 0.05) is 25.9 Å². The van der Waals surface area contributed by atoms with Crippen molar-refractivity contribution >= 4 is 5.91 Å². The Morgan fingerprint density at radius 1 is 1.14 bits per heavy atom. The van der Waals surface area contributed by atoms with Crippen LogP contribution in [0.2, 0.25) is 0 Å². The quantitative estimate of drug-likeness (QED) is 0.864. The van der Waals surface area contributed by atoms with Gasteiger partial charge in [0.05, 0.1) is 0 Å². The minimum atomic E-state index is -4.77. The molecule has 0 aromatic carbocycles. The number of nitrogens with one attached hydrogen (secondary N) is 1. The number of amides is 1. The van der Waals surface area contributed by atoms with Gasteiger partial charge in [-0.2, -0.15) is 13.2 Å². The first-order valence-electron chi connectivity index (χ1n) is 6.67. The van der Waals surface area contributed by atoms with Crippen molar-refractivity contribution in [3.05, 3.63) is 33.2 Å². The Morgan fingerprint density at radius 3 is 1.90 bits per heavy atom. The van der Waals surface area contributed by atoms with Crippen LogP contribution in [0, 0.1) is 6.92 Å². The number of hydrogen-bond donors (Lipinski definition) is 1. The largest absolute Gasteiger partial charge is 0.432 e. The molecule has 0 saturated heterocycles. The molecule has 0 bridgehead atoms. The van der Waals surface area contributed by atoms with Gasteiger partial charge in [-0.1, -0.05) is 27.7 Å². The average Bonchev–Trinajstić information content (AvgIpc) is 2.44. The number of nitrogens with zero attached hydrogens (tertiary/aromatic N) is 1. The molecule has 7 heteroatoms. The second-order valence-electron chi connectivity index (χ2n) is 3.75. The second-order valence-corrected chi connectivity index (χ2v) is 3.75. The Bertz CT molecular complexity index is 506. The van der Waals surface area contributed by atoms with Crippen LogP contribution in [0.1, 0.15) is 49.3 Å². The van der Waals surface area contributed by atoms with Crippen LogP contribution < -0.4 is 5.43 Å². The monoisotopic (exact) mass is 308 g/mol. The molecule has 0 atom stereocenters. The molecule has 0 aliphatic rings. The Balaban J connectivity index is 0. The van der Waals surface area contributed by atoms with Crippen molar-refractivity contribution < 1.29 is 18.0 Å². The number of aromatic nitrogens is 1. The van der Waals surface area contributed by atoms with Gasteiger partial charge in [-0.25, -0.2) is 0 Å². The normalized spacial score (nSPS) is 9.81. The van der Waals surface area contributed by atoms with Gasteiger partial charge in [0.25, 0.3) is 5.91 Å². The molecule has 0 saturated carbocycles. The zero-order valence-corrected chi connectivity index (χ0v) is 13.5. The van der Waals surface area contributed by atoms with Crippen molar-refractivity contribution in [2.45, 2.75) is 40.8 Å². The van der Waals surface area contributed by atoms with Crippen LogP contribution >= 0.6 is 0 Å². The third kappa shape index (κ3) is 5.61. The van der Waals surface area contributed by atoms with Crippen LogP contribution in [0.25, 0.3) is 0 Å². The molecule has 4 nitrogen and oxygen atoms in total. The molecule has 122 valence electrons. The van der Waals surface area contributed by atoms with Gasteiger partial charge >= 0.3 is 6.18 Å². The predicted octanol–water partition coefficient (Wildman–Crippen LogP) is 3.46. The van der Waals surface area contributed by atoms with Crippen LogP contribution in [0.15, 0.2) is 11.0 Å². The van der Waals surface area contributed by atoms with E-state index in [0.29, 0.717) is 0 Å². The van der Waals surface area contributed by atoms with E-state index in [1.54, 1.807) is 0 Å². The third-order valence-electron chi connectivity index (χ3n) is 2.17. The lowest BCUT2D eigenvalue weighted by atomic mass is 10.1. The van der Waals surface area contributed by atoms with Crippen molar-refractivity contribution in [3.8, 4) is 0 Å². The van der Waals surface area contributed by atoms with Crippen molar-refractivity contribution in [3.63, 3.8) is 0 Å². The molecule has 1 amide bonds. The lowest BCUT2D eigenvalue weighted by molar-refractivity contribution is -0.141. The minimum Gasteiger partial charge on any atom is -0.357 e. The number of carbonyl (C=O) groups is 1. The van der Waals surface area contributed by atoms with Crippen molar-refractivity contribution in [2.24, 2.45) is 0 Å². The Labute approximate surface area is 123 Å². The van der Waals surface area contributed by atoms with E-state index in [4.69, 9.17) is 0 Å². The van der Waals surface area contributed by atoms with Gasteiger partial charge in [-0.05, 0) is 6.92 Å². The maximum Gasteiger partial charge on any atom is 0.432 e. The number of aryl methyl sites for hydroxylation is 1. The Kier molecular flexibility index (Phi) is 9.42. The van der Waals surface area contributed by atoms with Gasteiger partial charge in [-0.15, -0.1) is 0 Å². The molecule has 1 aromatic heterocycles. The van der Waals surface area contributed by atoms with E-state index in [1.165, 1.54) is 21.0 Å². The van der Waals surface area contributed by atoms with Gasteiger partial charge in [0.1, 0.15) is 11.3 Å². The molecule has 21 heavy (non-hydrogen) atoms. The van der Waals surface area contributed by atoms with Crippen LogP contribution in [-0.4, -0.2) is 29.9 Å². The highest BCUT2D eigenvalue weighted by Crippen LogP contribution is 2.29. The van der Waals surface area contributed by atoms with Crippen molar-refractivity contribution in [2.75, 3.05) is 14.1 Å². The number of alkyl halides is 3. The molecule has 0 unspecified atom stereocenters. The SMILES string of the molecule is CC.CC.Cc1c[nH]c(C(F)(F)F)c(C(=O)N(C)C)c1=O. The molecule has 0 aliphatic carbocycles. The number of carbonyl (C=O) groups excluding carboxylic acids is 1. The lowest BCUT2D eigenvalue weighted by Gasteiger charge is -2.15. The lowest BCUT2D eigenvalue weighted by Crippen LogP contribution is -2.33. The molecule has 0 fully saturated rings. The highest BCUT2D eigenvalue weighted by atomic mass is 19.4. The van der Waals surface area contributed by atoms with Crippen molar-refractivity contribution in [1.29, 1.82) is 0 Å². The van der Waals surface area contributed by atoms with E-state index >= 15 is 0 Å². The molecule has 1 rings (SSSR count). The summed E-state index contributed by atoms with van der Waals surface area (Å²) in [5, 5.41) is 0.